The van der Waals surface area contributed by atoms with Crippen LogP contribution in [0.3, 0.4) is 0 Å². The normalized spacial score (nSPS) is 11.2. The number of carbonyl (C=O) groups excluding carboxylic acids is 1. The van der Waals surface area contributed by atoms with E-state index >= 15 is 0 Å². The van der Waals surface area contributed by atoms with E-state index < -0.39 is 15.8 Å². The molecule has 0 atom stereocenters. The summed E-state index contributed by atoms with van der Waals surface area (Å²) in [5, 5.41) is 9.84. The molecule has 0 aliphatic carbocycles. The molecule has 0 bridgehead atoms. The van der Waals surface area contributed by atoms with Gasteiger partial charge in [-0.25, -0.2) is 17.8 Å². The number of sulfonamides is 1. The Morgan fingerprint density at radius 3 is 2.68 bits per heavy atom. The fraction of sp³-hybridized carbons (Fsp3) is 0.211. The zero-order valence-corrected chi connectivity index (χ0v) is 18.1. The van der Waals surface area contributed by atoms with Crippen LogP contribution in [0.1, 0.15) is 5.56 Å². The first kappa shape index (κ1) is 22.6. The van der Waals surface area contributed by atoms with E-state index in [1.807, 2.05) is 0 Å². The lowest BCUT2D eigenvalue weighted by molar-refractivity contribution is -0.122. The predicted molar refractivity (Wildman–Crippen MR) is 114 cm³/mol. The number of aromatic nitrogens is 3. The van der Waals surface area contributed by atoms with Crippen molar-refractivity contribution in [2.24, 2.45) is 0 Å². The monoisotopic (exact) mass is 465 g/mol. The van der Waals surface area contributed by atoms with E-state index in [9.17, 15) is 17.6 Å². The minimum absolute atomic E-state index is 0.0237. The summed E-state index contributed by atoms with van der Waals surface area (Å²) in [5.74, 6) is 0.255. The van der Waals surface area contributed by atoms with Gasteiger partial charge in [0.15, 0.2) is 11.8 Å². The molecule has 0 saturated heterocycles. The average molecular weight is 466 g/mol. The number of benzene rings is 2. The molecule has 9 nitrogen and oxygen atoms in total. The molecule has 3 rings (SSSR count). The van der Waals surface area contributed by atoms with Crippen molar-refractivity contribution in [3.05, 3.63) is 60.2 Å². The Morgan fingerprint density at radius 1 is 1.23 bits per heavy atom. The van der Waals surface area contributed by atoms with Gasteiger partial charge in [0.2, 0.25) is 0 Å². The van der Waals surface area contributed by atoms with Crippen LogP contribution in [0, 0.1) is 12.7 Å². The highest BCUT2D eigenvalue weighted by Gasteiger charge is 2.16. The maximum Gasteiger partial charge on any atom is 0.261 e. The van der Waals surface area contributed by atoms with E-state index in [0.29, 0.717) is 28.8 Å². The summed E-state index contributed by atoms with van der Waals surface area (Å²) in [6.45, 7) is 1.91. The fourth-order valence-electron chi connectivity index (χ4n) is 2.48. The Bertz CT molecular complexity index is 1120. The summed E-state index contributed by atoms with van der Waals surface area (Å²) in [5.41, 5.74) is 0.799. The highest BCUT2D eigenvalue weighted by molar-refractivity contribution is 7.99. The van der Waals surface area contributed by atoms with Crippen LogP contribution in [0.2, 0.25) is 0 Å². The van der Waals surface area contributed by atoms with E-state index in [0.717, 1.165) is 12.1 Å². The number of hydrogen-bond acceptors (Lipinski definition) is 7. The van der Waals surface area contributed by atoms with Gasteiger partial charge in [-0.2, -0.15) is 5.10 Å². The first-order valence-electron chi connectivity index (χ1n) is 9.10. The molecule has 1 aromatic heterocycles. The third-order valence-corrected chi connectivity index (χ3v) is 6.23. The van der Waals surface area contributed by atoms with E-state index in [1.165, 1.54) is 48.4 Å². The highest BCUT2D eigenvalue weighted by atomic mass is 32.2. The van der Waals surface area contributed by atoms with Crippen molar-refractivity contribution in [3.8, 4) is 5.75 Å². The molecular formula is C19H20FN5O4S2. The largest absolute Gasteiger partial charge is 0.484 e. The van der Waals surface area contributed by atoms with E-state index in [1.54, 1.807) is 6.92 Å². The first-order valence-corrected chi connectivity index (χ1v) is 11.6. The number of halogens is 1. The lowest BCUT2D eigenvalue weighted by Crippen LogP contribution is -2.30. The van der Waals surface area contributed by atoms with Gasteiger partial charge in [-0.05, 0) is 55.0 Å². The molecule has 0 fully saturated rings. The number of hydrogen-bond donors (Lipinski definition) is 3. The van der Waals surface area contributed by atoms with Gasteiger partial charge in [0.25, 0.3) is 15.9 Å². The number of amides is 1. The summed E-state index contributed by atoms with van der Waals surface area (Å²) >= 11 is 1.42. The summed E-state index contributed by atoms with van der Waals surface area (Å²) in [4.78, 5) is 15.9. The minimum atomic E-state index is -3.85. The Hall–Kier alpha value is -3.12. The standard InChI is InChI=1S/C19H20FN5O4S2/c1-13-10-16(31(27,28)25-15-4-2-14(20)3-5-15)6-7-17(13)29-11-18(26)21-8-9-30-19-22-12-23-24-19/h2-7,10,12,25H,8-9,11H2,1H3,(H,21,26)(H,22,23,24). The van der Waals surface area contributed by atoms with Crippen LogP contribution in [0.15, 0.2) is 58.8 Å². The number of thioether (sulfide) groups is 1. The number of nitrogens with zero attached hydrogens (tertiary/aromatic N) is 2. The topological polar surface area (TPSA) is 126 Å². The van der Waals surface area contributed by atoms with Crippen LogP contribution in [-0.4, -0.2) is 48.4 Å². The highest BCUT2D eigenvalue weighted by Crippen LogP contribution is 2.23. The van der Waals surface area contributed by atoms with E-state index in [4.69, 9.17) is 4.74 Å². The van der Waals surface area contributed by atoms with E-state index in [-0.39, 0.29) is 23.1 Å². The number of aromatic amines is 1. The second-order valence-corrected chi connectivity index (χ2v) is 9.08. The Kier molecular flexibility index (Phi) is 7.47. The van der Waals surface area contributed by atoms with Crippen molar-refractivity contribution < 1.29 is 22.3 Å². The quantitative estimate of drug-likeness (QED) is 0.310. The molecule has 12 heteroatoms. The number of H-pyrrole nitrogens is 1. The van der Waals surface area contributed by atoms with Crippen LogP contribution >= 0.6 is 11.8 Å². The maximum atomic E-state index is 13.0. The maximum absolute atomic E-state index is 13.0. The van der Waals surface area contributed by atoms with Crippen LogP contribution in [0.25, 0.3) is 0 Å². The Balaban J connectivity index is 1.50. The van der Waals surface area contributed by atoms with Crippen molar-refractivity contribution >= 4 is 33.4 Å². The summed E-state index contributed by atoms with van der Waals surface area (Å²) < 4.78 is 45.9. The Morgan fingerprint density at radius 2 is 2.00 bits per heavy atom. The number of ether oxygens (including phenoxy) is 1. The second-order valence-electron chi connectivity index (χ2n) is 6.32. The van der Waals surface area contributed by atoms with Crippen LogP contribution in [0.4, 0.5) is 10.1 Å². The van der Waals surface area contributed by atoms with Gasteiger partial charge in [0.1, 0.15) is 17.9 Å². The average Bonchev–Trinajstić information content (AvgIpc) is 3.25. The molecule has 0 radical (unpaired) electrons. The molecule has 0 aliphatic heterocycles. The van der Waals surface area contributed by atoms with Gasteiger partial charge in [-0.15, -0.1) is 0 Å². The lowest BCUT2D eigenvalue weighted by atomic mass is 10.2. The summed E-state index contributed by atoms with van der Waals surface area (Å²) in [7, 11) is -3.85. The van der Waals surface area contributed by atoms with Gasteiger partial charge in [0.05, 0.1) is 4.90 Å². The molecule has 0 spiro atoms. The molecule has 31 heavy (non-hydrogen) atoms. The van der Waals surface area contributed by atoms with Gasteiger partial charge in [0, 0.05) is 18.0 Å². The van der Waals surface area contributed by atoms with Crippen molar-refractivity contribution in [3.63, 3.8) is 0 Å². The van der Waals surface area contributed by atoms with Crippen LogP contribution < -0.4 is 14.8 Å². The molecule has 1 amide bonds. The van der Waals surface area contributed by atoms with Crippen molar-refractivity contribution in [1.29, 1.82) is 0 Å². The molecular weight excluding hydrogens is 445 g/mol. The van der Waals surface area contributed by atoms with Gasteiger partial charge >= 0.3 is 0 Å². The Labute approximate surface area is 182 Å². The fourth-order valence-corrected chi connectivity index (χ4v) is 4.26. The molecule has 1 heterocycles. The van der Waals surface area contributed by atoms with Gasteiger partial charge in [-0.3, -0.25) is 14.6 Å². The second kappa shape index (κ2) is 10.3. The molecule has 0 saturated carbocycles. The number of aryl methyl sites for hydroxylation is 1. The van der Waals surface area contributed by atoms with Crippen molar-refractivity contribution in [2.45, 2.75) is 17.0 Å². The smallest absolute Gasteiger partial charge is 0.261 e. The number of nitrogens with one attached hydrogen (secondary N) is 3. The zero-order valence-electron chi connectivity index (χ0n) is 16.5. The molecule has 164 valence electrons. The number of rotatable bonds is 10. The zero-order chi connectivity index (χ0) is 22.3. The first-order chi connectivity index (χ1) is 14.8. The lowest BCUT2D eigenvalue weighted by Gasteiger charge is -2.12. The van der Waals surface area contributed by atoms with Crippen molar-refractivity contribution in [1.82, 2.24) is 20.5 Å². The van der Waals surface area contributed by atoms with Crippen molar-refractivity contribution in [2.75, 3.05) is 23.6 Å². The minimum Gasteiger partial charge on any atom is -0.484 e. The summed E-state index contributed by atoms with van der Waals surface area (Å²) in [6.07, 6.45) is 1.41. The molecule has 0 aliphatic rings. The van der Waals surface area contributed by atoms with Crippen LogP contribution in [0.5, 0.6) is 5.75 Å². The predicted octanol–water partition coefficient (Wildman–Crippen LogP) is 2.34. The van der Waals surface area contributed by atoms with Gasteiger partial charge < -0.3 is 10.1 Å². The number of anilines is 1. The summed E-state index contributed by atoms with van der Waals surface area (Å²) in [6, 6.07) is 9.30. The third kappa shape index (κ3) is 6.69. The van der Waals surface area contributed by atoms with Crippen LogP contribution in [-0.2, 0) is 14.8 Å². The molecule has 2 aromatic carbocycles. The SMILES string of the molecule is Cc1cc(S(=O)(=O)Nc2ccc(F)cc2)ccc1OCC(=O)NCCSc1ncn[nH]1. The molecule has 3 aromatic rings. The third-order valence-electron chi connectivity index (χ3n) is 3.97. The molecule has 3 N–H and O–H groups in total. The molecule has 0 unspecified atom stereocenters. The van der Waals surface area contributed by atoms with Gasteiger partial charge in [-0.1, -0.05) is 11.8 Å². The van der Waals surface area contributed by atoms with E-state index in [2.05, 4.69) is 25.2 Å². The number of carbonyl (C=O) groups is 1.